The first-order chi connectivity index (χ1) is 13.3. The summed E-state index contributed by atoms with van der Waals surface area (Å²) in [6.45, 7) is 2.32. The Morgan fingerprint density at radius 1 is 1.15 bits per heavy atom. The zero-order chi connectivity index (χ0) is 18.2. The molecule has 1 unspecified atom stereocenters. The Bertz CT molecular complexity index is 982. The Labute approximate surface area is 162 Å². The molecule has 3 heterocycles. The van der Waals surface area contributed by atoms with E-state index in [9.17, 15) is 4.79 Å². The number of thiophene rings is 1. The molecule has 5 heteroatoms. The summed E-state index contributed by atoms with van der Waals surface area (Å²) in [5.74, 6) is 0.141. The van der Waals surface area contributed by atoms with E-state index in [0.29, 0.717) is 0 Å². The van der Waals surface area contributed by atoms with Crippen molar-refractivity contribution in [3.63, 3.8) is 0 Å². The molecular formula is C22H21N3OS. The number of nitrogens with zero attached hydrogens (tertiary/aromatic N) is 2. The van der Waals surface area contributed by atoms with Gasteiger partial charge in [-0.25, -0.2) is 0 Å². The van der Waals surface area contributed by atoms with Crippen LogP contribution in [0.15, 0.2) is 54.9 Å². The molecule has 2 aliphatic rings. The minimum atomic E-state index is 0.0337. The number of nitrogens with one attached hydrogen (secondary N) is 1. The number of aromatic nitrogens is 1. The van der Waals surface area contributed by atoms with Crippen LogP contribution in [-0.2, 0) is 12.8 Å². The SMILES string of the molecule is O=C(c1cc2c(s1)-c1ccccc1CC2)N1CCNCC1c1cccnc1. The Balaban J connectivity index is 1.49. The molecule has 0 saturated carbocycles. The minimum absolute atomic E-state index is 0.0337. The maximum atomic E-state index is 13.4. The molecule has 1 fully saturated rings. The van der Waals surface area contributed by atoms with Gasteiger partial charge in [0.25, 0.3) is 5.91 Å². The van der Waals surface area contributed by atoms with E-state index in [-0.39, 0.29) is 11.9 Å². The Morgan fingerprint density at radius 3 is 2.93 bits per heavy atom. The lowest BCUT2D eigenvalue weighted by Gasteiger charge is -2.36. The van der Waals surface area contributed by atoms with Crippen molar-refractivity contribution in [2.75, 3.05) is 19.6 Å². The van der Waals surface area contributed by atoms with Crippen molar-refractivity contribution in [2.24, 2.45) is 0 Å². The molecular weight excluding hydrogens is 354 g/mol. The van der Waals surface area contributed by atoms with Crippen LogP contribution in [0, 0.1) is 0 Å². The molecule has 1 aliphatic carbocycles. The molecule has 27 heavy (non-hydrogen) atoms. The van der Waals surface area contributed by atoms with Gasteiger partial charge in [-0.15, -0.1) is 11.3 Å². The normalized spacial score (nSPS) is 18.7. The topological polar surface area (TPSA) is 45.2 Å². The minimum Gasteiger partial charge on any atom is -0.328 e. The fourth-order valence-corrected chi connectivity index (χ4v) is 5.36. The third-order valence-corrected chi connectivity index (χ3v) is 6.72. The predicted octanol–water partition coefficient (Wildman–Crippen LogP) is 3.70. The summed E-state index contributed by atoms with van der Waals surface area (Å²) in [5, 5.41) is 3.41. The first-order valence-corrected chi connectivity index (χ1v) is 10.3. The molecule has 4 nitrogen and oxygen atoms in total. The molecule has 1 saturated heterocycles. The van der Waals surface area contributed by atoms with Gasteiger partial charge in [0.1, 0.15) is 0 Å². The fourth-order valence-electron chi connectivity index (χ4n) is 4.14. The highest BCUT2D eigenvalue weighted by Crippen LogP contribution is 2.40. The van der Waals surface area contributed by atoms with Crippen LogP contribution < -0.4 is 5.32 Å². The molecule has 1 N–H and O–H groups in total. The van der Waals surface area contributed by atoms with Crippen molar-refractivity contribution >= 4 is 17.2 Å². The summed E-state index contributed by atoms with van der Waals surface area (Å²) >= 11 is 1.65. The van der Waals surface area contributed by atoms with Crippen LogP contribution in [0.3, 0.4) is 0 Å². The second-order valence-corrected chi connectivity index (χ2v) is 8.18. The van der Waals surface area contributed by atoms with E-state index in [1.165, 1.54) is 21.6 Å². The number of aryl methyl sites for hydroxylation is 2. The molecule has 3 aromatic rings. The third kappa shape index (κ3) is 2.97. The molecule has 0 bridgehead atoms. The number of fused-ring (bicyclic) bond motifs is 3. The van der Waals surface area contributed by atoms with E-state index in [4.69, 9.17) is 0 Å². The molecule has 0 spiro atoms. The molecule has 2 aromatic heterocycles. The zero-order valence-corrected chi connectivity index (χ0v) is 15.8. The van der Waals surface area contributed by atoms with Gasteiger partial charge in [-0.1, -0.05) is 30.3 Å². The van der Waals surface area contributed by atoms with Gasteiger partial charge in [-0.3, -0.25) is 9.78 Å². The fraction of sp³-hybridized carbons (Fsp3) is 0.273. The summed E-state index contributed by atoms with van der Waals surface area (Å²) in [4.78, 5) is 21.8. The second-order valence-electron chi connectivity index (χ2n) is 7.13. The lowest BCUT2D eigenvalue weighted by Crippen LogP contribution is -2.48. The number of pyridine rings is 1. The van der Waals surface area contributed by atoms with Crippen molar-refractivity contribution in [3.05, 3.63) is 76.4 Å². The molecule has 1 aliphatic heterocycles. The van der Waals surface area contributed by atoms with Crippen LogP contribution in [-0.4, -0.2) is 35.4 Å². The van der Waals surface area contributed by atoms with Crippen molar-refractivity contribution in [1.29, 1.82) is 0 Å². The Kier molecular flexibility index (Phi) is 4.26. The number of piperazine rings is 1. The first kappa shape index (κ1) is 16.7. The maximum absolute atomic E-state index is 13.4. The van der Waals surface area contributed by atoms with Crippen molar-refractivity contribution in [2.45, 2.75) is 18.9 Å². The van der Waals surface area contributed by atoms with E-state index in [0.717, 1.165) is 42.9 Å². The van der Waals surface area contributed by atoms with Gasteiger partial charge >= 0.3 is 0 Å². The zero-order valence-electron chi connectivity index (χ0n) is 15.0. The number of hydrogen-bond acceptors (Lipinski definition) is 4. The first-order valence-electron chi connectivity index (χ1n) is 9.44. The summed E-state index contributed by atoms with van der Waals surface area (Å²) in [7, 11) is 0. The molecule has 1 aromatic carbocycles. The highest BCUT2D eigenvalue weighted by Gasteiger charge is 2.31. The van der Waals surface area contributed by atoms with Crippen molar-refractivity contribution in [3.8, 4) is 10.4 Å². The van der Waals surface area contributed by atoms with Gasteiger partial charge in [-0.2, -0.15) is 0 Å². The van der Waals surface area contributed by atoms with E-state index in [2.05, 4.69) is 46.7 Å². The number of amides is 1. The average Bonchev–Trinajstić information content (AvgIpc) is 3.19. The van der Waals surface area contributed by atoms with E-state index in [1.54, 1.807) is 17.5 Å². The number of carbonyl (C=O) groups excluding carboxylic acids is 1. The predicted molar refractivity (Wildman–Crippen MR) is 108 cm³/mol. The van der Waals surface area contributed by atoms with E-state index >= 15 is 0 Å². The Morgan fingerprint density at radius 2 is 2.04 bits per heavy atom. The van der Waals surface area contributed by atoms with Gasteiger partial charge in [0.15, 0.2) is 0 Å². The van der Waals surface area contributed by atoms with E-state index < -0.39 is 0 Å². The second kappa shape index (κ2) is 6.91. The van der Waals surface area contributed by atoms with Gasteiger partial charge in [0.2, 0.25) is 0 Å². The highest BCUT2D eigenvalue weighted by atomic mass is 32.1. The number of carbonyl (C=O) groups is 1. The quantitative estimate of drug-likeness (QED) is 0.743. The van der Waals surface area contributed by atoms with Crippen molar-refractivity contribution in [1.82, 2.24) is 15.2 Å². The van der Waals surface area contributed by atoms with Gasteiger partial charge in [0, 0.05) is 36.9 Å². The lowest BCUT2D eigenvalue weighted by molar-refractivity contribution is 0.0639. The van der Waals surface area contributed by atoms with Crippen LogP contribution in [0.4, 0.5) is 0 Å². The molecule has 0 radical (unpaired) electrons. The standard InChI is InChI=1S/C22H21N3OS/c26-22(25-11-10-24-14-19(25)17-5-3-9-23-13-17)20-12-16-8-7-15-4-1-2-6-18(15)21(16)27-20/h1-6,9,12-13,19,24H,7-8,10-11,14H2. The average molecular weight is 375 g/mol. The molecule has 136 valence electrons. The van der Waals surface area contributed by atoms with E-state index in [1.807, 2.05) is 17.2 Å². The Hall–Kier alpha value is -2.50. The van der Waals surface area contributed by atoms with Crippen LogP contribution in [0.5, 0.6) is 0 Å². The largest absolute Gasteiger partial charge is 0.328 e. The maximum Gasteiger partial charge on any atom is 0.264 e. The lowest BCUT2D eigenvalue weighted by atomic mass is 9.91. The van der Waals surface area contributed by atoms with Crippen LogP contribution in [0.1, 0.15) is 32.4 Å². The van der Waals surface area contributed by atoms with Gasteiger partial charge in [-0.05, 0) is 47.2 Å². The van der Waals surface area contributed by atoms with Crippen molar-refractivity contribution < 1.29 is 4.79 Å². The van der Waals surface area contributed by atoms with Crippen LogP contribution in [0.25, 0.3) is 10.4 Å². The van der Waals surface area contributed by atoms with Crippen LogP contribution >= 0.6 is 11.3 Å². The number of rotatable bonds is 2. The summed E-state index contributed by atoms with van der Waals surface area (Å²) in [6.07, 6.45) is 5.72. The summed E-state index contributed by atoms with van der Waals surface area (Å²) < 4.78 is 0. The third-order valence-electron chi connectivity index (χ3n) is 5.52. The highest BCUT2D eigenvalue weighted by molar-refractivity contribution is 7.17. The number of benzene rings is 1. The molecule has 1 atom stereocenters. The molecule has 5 rings (SSSR count). The van der Waals surface area contributed by atoms with Gasteiger partial charge in [0.05, 0.1) is 10.9 Å². The number of hydrogen-bond donors (Lipinski definition) is 1. The summed E-state index contributed by atoms with van der Waals surface area (Å²) in [5.41, 5.74) is 5.09. The molecule has 1 amide bonds. The smallest absolute Gasteiger partial charge is 0.264 e. The van der Waals surface area contributed by atoms with Crippen LogP contribution in [0.2, 0.25) is 0 Å². The van der Waals surface area contributed by atoms with Gasteiger partial charge < -0.3 is 10.2 Å². The summed E-state index contributed by atoms with van der Waals surface area (Å²) in [6, 6.07) is 14.7. The monoisotopic (exact) mass is 375 g/mol.